The van der Waals surface area contributed by atoms with Crippen molar-refractivity contribution in [1.82, 2.24) is 14.7 Å². The molecule has 0 unspecified atom stereocenters. The van der Waals surface area contributed by atoms with Gasteiger partial charge in [-0.2, -0.15) is 0 Å². The van der Waals surface area contributed by atoms with Gasteiger partial charge in [-0.15, -0.1) is 0 Å². The van der Waals surface area contributed by atoms with Crippen molar-refractivity contribution in [3.05, 3.63) is 40.6 Å². The van der Waals surface area contributed by atoms with E-state index in [0.29, 0.717) is 35.9 Å². The normalized spacial score (nSPS) is 15.0. The highest BCUT2D eigenvalue weighted by atomic mass is 79.9. The topological polar surface area (TPSA) is 96.5 Å². The van der Waals surface area contributed by atoms with Crippen LogP contribution < -0.4 is 14.9 Å². The predicted octanol–water partition coefficient (Wildman–Crippen LogP) is 1.77. The molecule has 0 bridgehead atoms. The van der Waals surface area contributed by atoms with Gasteiger partial charge in [0.2, 0.25) is 10.0 Å². The standard InChI is InChI=1S/C17H22BrN5O3S/c1-13-21-16(12-17(22-13)23-8-10-26-11-9-23)19-6-7-20-27(24,25)15-5-3-2-4-14(15)18/h2-5,12,20H,6-11H2,1H3,(H,19,21,22). The van der Waals surface area contributed by atoms with Crippen LogP contribution in [0.3, 0.4) is 0 Å². The molecule has 0 atom stereocenters. The second-order valence-corrected chi connectivity index (χ2v) is 8.60. The van der Waals surface area contributed by atoms with Gasteiger partial charge in [0.1, 0.15) is 17.5 Å². The molecule has 1 saturated heterocycles. The van der Waals surface area contributed by atoms with Gasteiger partial charge in [0.25, 0.3) is 0 Å². The lowest BCUT2D eigenvalue weighted by atomic mass is 10.4. The van der Waals surface area contributed by atoms with Crippen molar-refractivity contribution in [3.63, 3.8) is 0 Å². The molecule has 1 aromatic heterocycles. The maximum absolute atomic E-state index is 12.4. The van der Waals surface area contributed by atoms with E-state index in [1.54, 1.807) is 24.3 Å². The van der Waals surface area contributed by atoms with E-state index in [-0.39, 0.29) is 11.4 Å². The van der Waals surface area contributed by atoms with Crippen LogP contribution >= 0.6 is 15.9 Å². The summed E-state index contributed by atoms with van der Waals surface area (Å²) in [7, 11) is -3.57. The molecule has 0 radical (unpaired) electrons. The quantitative estimate of drug-likeness (QED) is 0.613. The van der Waals surface area contributed by atoms with Crippen LogP contribution in [0.25, 0.3) is 0 Å². The van der Waals surface area contributed by atoms with Gasteiger partial charge >= 0.3 is 0 Å². The first-order valence-corrected chi connectivity index (χ1v) is 10.9. The highest BCUT2D eigenvalue weighted by Gasteiger charge is 2.17. The summed E-state index contributed by atoms with van der Waals surface area (Å²) in [6.45, 7) is 5.43. The van der Waals surface area contributed by atoms with Gasteiger partial charge in [0.15, 0.2) is 0 Å². The Kier molecular flexibility index (Phi) is 6.64. The molecule has 1 fully saturated rings. The average Bonchev–Trinajstić information content (AvgIpc) is 2.66. The molecule has 2 heterocycles. The molecule has 1 aromatic carbocycles. The van der Waals surface area contributed by atoms with Crippen LogP contribution in [0, 0.1) is 6.92 Å². The van der Waals surface area contributed by atoms with Gasteiger partial charge in [-0.05, 0) is 35.0 Å². The number of sulfonamides is 1. The maximum Gasteiger partial charge on any atom is 0.241 e. The highest BCUT2D eigenvalue weighted by molar-refractivity contribution is 9.10. The minimum atomic E-state index is -3.57. The zero-order valence-corrected chi connectivity index (χ0v) is 17.4. The number of hydrogen-bond donors (Lipinski definition) is 2. The minimum Gasteiger partial charge on any atom is -0.378 e. The number of aromatic nitrogens is 2. The van der Waals surface area contributed by atoms with Crippen LogP contribution in [0.5, 0.6) is 0 Å². The lowest BCUT2D eigenvalue weighted by molar-refractivity contribution is 0.122. The van der Waals surface area contributed by atoms with Crippen LogP contribution in [0.4, 0.5) is 11.6 Å². The fraction of sp³-hybridized carbons (Fsp3) is 0.412. The van der Waals surface area contributed by atoms with Crippen LogP contribution in [-0.4, -0.2) is 57.8 Å². The van der Waals surface area contributed by atoms with Crippen molar-refractivity contribution in [2.24, 2.45) is 0 Å². The highest BCUT2D eigenvalue weighted by Crippen LogP contribution is 2.21. The van der Waals surface area contributed by atoms with Gasteiger partial charge in [-0.25, -0.2) is 23.1 Å². The largest absolute Gasteiger partial charge is 0.378 e. The first-order valence-electron chi connectivity index (χ1n) is 8.62. The van der Waals surface area contributed by atoms with Gasteiger partial charge in [-0.1, -0.05) is 12.1 Å². The number of morpholine rings is 1. The Morgan fingerprint density at radius 1 is 1.19 bits per heavy atom. The molecular formula is C17H22BrN5O3S. The Balaban J connectivity index is 1.57. The molecule has 0 saturated carbocycles. The molecular weight excluding hydrogens is 434 g/mol. The van der Waals surface area contributed by atoms with E-state index in [9.17, 15) is 8.42 Å². The van der Waals surface area contributed by atoms with Crippen LogP contribution in [0.2, 0.25) is 0 Å². The summed E-state index contributed by atoms with van der Waals surface area (Å²) in [6, 6.07) is 8.59. The van der Waals surface area contributed by atoms with E-state index in [2.05, 4.69) is 40.8 Å². The van der Waals surface area contributed by atoms with Crippen molar-refractivity contribution in [3.8, 4) is 0 Å². The first kappa shape index (κ1) is 20.0. The number of nitrogens with zero attached hydrogens (tertiary/aromatic N) is 3. The fourth-order valence-corrected chi connectivity index (χ4v) is 4.75. The van der Waals surface area contributed by atoms with Gasteiger partial charge in [0.05, 0.1) is 18.1 Å². The monoisotopic (exact) mass is 455 g/mol. The smallest absolute Gasteiger partial charge is 0.241 e. The molecule has 10 heteroatoms. The Labute approximate surface area is 167 Å². The van der Waals surface area contributed by atoms with E-state index in [1.165, 1.54) is 0 Å². The summed E-state index contributed by atoms with van der Waals surface area (Å²) in [6.07, 6.45) is 0. The number of anilines is 2. The Hall–Kier alpha value is -1.75. The molecule has 0 spiro atoms. The zero-order valence-electron chi connectivity index (χ0n) is 15.0. The lowest BCUT2D eigenvalue weighted by Crippen LogP contribution is -2.37. The first-order chi connectivity index (χ1) is 13.0. The number of benzene rings is 1. The van der Waals surface area contributed by atoms with Crippen LogP contribution in [0.1, 0.15) is 5.82 Å². The van der Waals surface area contributed by atoms with Crippen LogP contribution in [0.15, 0.2) is 39.7 Å². The second kappa shape index (κ2) is 8.96. The predicted molar refractivity (Wildman–Crippen MR) is 108 cm³/mol. The third-order valence-electron chi connectivity index (χ3n) is 4.01. The minimum absolute atomic E-state index is 0.220. The van der Waals surface area contributed by atoms with Crippen molar-refractivity contribution in [2.45, 2.75) is 11.8 Å². The van der Waals surface area contributed by atoms with Crippen molar-refractivity contribution < 1.29 is 13.2 Å². The number of halogens is 1. The summed E-state index contributed by atoms with van der Waals surface area (Å²) in [4.78, 5) is 11.2. The molecule has 27 heavy (non-hydrogen) atoms. The molecule has 1 aliphatic heterocycles. The fourth-order valence-electron chi connectivity index (χ4n) is 2.71. The van der Waals surface area contributed by atoms with E-state index >= 15 is 0 Å². The third kappa shape index (κ3) is 5.38. The van der Waals surface area contributed by atoms with Gasteiger partial charge < -0.3 is 15.0 Å². The molecule has 2 N–H and O–H groups in total. The summed E-state index contributed by atoms with van der Waals surface area (Å²) in [5, 5.41) is 3.16. The SMILES string of the molecule is Cc1nc(NCCNS(=O)(=O)c2ccccc2Br)cc(N2CCOCC2)n1. The van der Waals surface area contributed by atoms with Crippen molar-refractivity contribution >= 4 is 37.6 Å². The summed E-state index contributed by atoms with van der Waals surface area (Å²) in [5.41, 5.74) is 0. The van der Waals surface area contributed by atoms with Gasteiger partial charge in [-0.3, -0.25) is 0 Å². The number of nitrogens with one attached hydrogen (secondary N) is 2. The summed E-state index contributed by atoms with van der Waals surface area (Å²) >= 11 is 3.27. The molecule has 3 rings (SSSR count). The number of ether oxygens (including phenoxy) is 1. The summed E-state index contributed by atoms with van der Waals surface area (Å²) < 4.78 is 33.2. The Bertz CT molecular complexity index is 888. The molecule has 1 aliphatic rings. The molecule has 0 aliphatic carbocycles. The number of aryl methyl sites for hydroxylation is 1. The summed E-state index contributed by atoms with van der Waals surface area (Å²) in [5.74, 6) is 2.18. The molecule has 8 nitrogen and oxygen atoms in total. The van der Waals surface area contributed by atoms with E-state index < -0.39 is 10.0 Å². The average molecular weight is 456 g/mol. The maximum atomic E-state index is 12.4. The van der Waals surface area contributed by atoms with Crippen LogP contribution in [-0.2, 0) is 14.8 Å². The van der Waals surface area contributed by atoms with E-state index in [4.69, 9.17) is 4.74 Å². The van der Waals surface area contributed by atoms with Crippen molar-refractivity contribution in [1.29, 1.82) is 0 Å². The molecule has 146 valence electrons. The van der Waals surface area contributed by atoms with E-state index in [0.717, 1.165) is 18.9 Å². The van der Waals surface area contributed by atoms with E-state index in [1.807, 2.05) is 13.0 Å². The third-order valence-corrected chi connectivity index (χ3v) is 6.48. The second-order valence-electron chi connectivity index (χ2n) is 6.01. The molecule has 0 amide bonds. The lowest BCUT2D eigenvalue weighted by Gasteiger charge is -2.28. The van der Waals surface area contributed by atoms with Crippen molar-refractivity contribution in [2.75, 3.05) is 49.6 Å². The molecule has 2 aromatic rings. The Morgan fingerprint density at radius 2 is 1.93 bits per heavy atom. The number of rotatable bonds is 7. The number of hydrogen-bond acceptors (Lipinski definition) is 7. The Morgan fingerprint density at radius 3 is 2.67 bits per heavy atom. The van der Waals surface area contributed by atoms with Gasteiger partial charge in [0, 0.05) is 36.7 Å². The zero-order chi connectivity index (χ0) is 19.3.